The number of ether oxygens (including phenoxy) is 1. The molecule has 160 valence electrons. The van der Waals surface area contributed by atoms with Gasteiger partial charge in [0.2, 0.25) is 0 Å². The number of benzene rings is 2. The van der Waals surface area contributed by atoms with Crippen LogP contribution in [-0.4, -0.2) is 36.4 Å². The van der Waals surface area contributed by atoms with Gasteiger partial charge in [0.25, 0.3) is 0 Å². The van der Waals surface area contributed by atoms with Crippen LogP contribution in [0.15, 0.2) is 60.7 Å². The molecule has 0 bridgehead atoms. The van der Waals surface area contributed by atoms with E-state index in [2.05, 4.69) is 32.7 Å². The molecule has 31 heavy (non-hydrogen) atoms. The van der Waals surface area contributed by atoms with Gasteiger partial charge in [0.1, 0.15) is 5.75 Å². The number of methoxy groups -OCH3 is 1. The van der Waals surface area contributed by atoms with E-state index < -0.39 is 0 Å². The second kappa shape index (κ2) is 9.47. The van der Waals surface area contributed by atoms with E-state index in [1.165, 1.54) is 12.8 Å². The number of carbonyl (C=O) groups excluding carboxylic acids is 1. The Hall–Kier alpha value is -3.61. The van der Waals surface area contributed by atoms with Crippen molar-refractivity contribution in [1.82, 2.24) is 10.2 Å². The number of hydrogen-bond donors (Lipinski definition) is 2. The molecular weight excluding hydrogens is 390 g/mol. The monoisotopic (exact) mass is 417 g/mol. The van der Waals surface area contributed by atoms with Gasteiger partial charge in [-0.3, -0.25) is 0 Å². The fourth-order valence-corrected chi connectivity index (χ4v) is 3.61. The summed E-state index contributed by atoms with van der Waals surface area (Å²) in [6.45, 7) is 4.35. The van der Waals surface area contributed by atoms with Crippen LogP contribution in [0, 0.1) is 5.92 Å². The number of rotatable bonds is 5. The van der Waals surface area contributed by atoms with Gasteiger partial charge in [0.15, 0.2) is 5.82 Å². The van der Waals surface area contributed by atoms with Gasteiger partial charge >= 0.3 is 6.03 Å². The van der Waals surface area contributed by atoms with Gasteiger partial charge in [-0.05, 0) is 67.3 Å². The minimum Gasteiger partial charge on any atom is -0.497 e. The highest BCUT2D eigenvalue weighted by molar-refractivity contribution is 6.00. The first-order chi connectivity index (χ1) is 15.1. The molecule has 1 aliphatic heterocycles. The number of nitrogens with one attached hydrogen (secondary N) is 2. The molecule has 7 nitrogen and oxygen atoms in total. The third kappa shape index (κ3) is 5.31. The molecular formula is C24H27N5O2. The van der Waals surface area contributed by atoms with Gasteiger partial charge in [0, 0.05) is 30.0 Å². The molecule has 4 rings (SSSR count). The van der Waals surface area contributed by atoms with E-state index in [4.69, 9.17) is 4.74 Å². The number of amides is 2. The predicted molar refractivity (Wildman–Crippen MR) is 124 cm³/mol. The largest absolute Gasteiger partial charge is 0.497 e. The van der Waals surface area contributed by atoms with Crippen molar-refractivity contribution in [3.8, 4) is 17.0 Å². The molecule has 0 saturated carbocycles. The minimum absolute atomic E-state index is 0.317. The first-order valence-electron chi connectivity index (χ1n) is 10.5. The van der Waals surface area contributed by atoms with E-state index in [0.717, 1.165) is 41.8 Å². The Morgan fingerprint density at radius 3 is 2.39 bits per heavy atom. The van der Waals surface area contributed by atoms with Crippen LogP contribution in [0.4, 0.5) is 22.0 Å². The van der Waals surface area contributed by atoms with Gasteiger partial charge in [-0.2, -0.15) is 0 Å². The third-order valence-corrected chi connectivity index (χ3v) is 5.52. The summed E-state index contributed by atoms with van der Waals surface area (Å²) >= 11 is 0. The molecule has 0 aliphatic carbocycles. The van der Waals surface area contributed by atoms with Crippen LogP contribution in [-0.2, 0) is 0 Å². The Kier molecular flexibility index (Phi) is 6.31. The maximum absolute atomic E-state index is 12.3. The van der Waals surface area contributed by atoms with Crippen molar-refractivity contribution < 1.29 is 9.53 Å². The molecule has 7 heteroatoms. The van der Waals surface area contributed by atoms with Gasteiger partial charge < -0.3 is 20.3 Å². The molecule has 1 aliphatic rings. The van der Waals surface area contributed by atoms with Crippen LogP contribution in [0.3, 0.4) is 0 Å². The maximum atomic E-state index is 12.3. The summed E-state index contributed by atoms with van der Waals surface area (Å²) < 4.78 is 5.13. The van der Waals surface area contributed by atoms with Crippen molar-refractivity contribution >= 4 is 23.2 Å². The summed E-state index contributed by atoms with van der Waals surface area (Å²) in [5, 5.41) is 14.5. The van der Waals surface area contributed by atoms with E-state index in [0.29, 0.717) is 11.4 Å². The Balaban J connectivity index is 1.40. The van der Waals surface area contributed by atoms with Crippen LogP contribution >= 0.6 is 0 Å². The van der Waals surface area contributed by atoms with E-state index in [1.807, 2.05) is 36.4 Å². The van der Waals surface area contributed by atoms with Crippen molar-refractivity contribution in [3.63, 3.8) is 0 Å². The summed E-state index contributed by atoms with van der Waals surface area (Å²) in [5.41, 5.74) is 3.03. The Morgan fingerprint density at radius 1 is 0.968 bits per heavy atom. The van der Waals surface area contributed by atoms with Crippen LogP contribution in [0.1, 0.15) is 19.8 Å². The van der Waals surface area contributed by atoms with Crippen LogP contribution in [0.5, 0.6) is 5.75 Å². The fourth-order valence-electron chi connectivity index (χ4n) is 3.61. The van der Waals surface area contributed by atoms with E-state index >= 15 is 0 Å². The first kappa shape index (κ1) is 20.7. The SMILES string of the molecule is COc1ccc(NC(=O)Nc2cccc(-c3ccc(N4CCC(C)CC4)nn3)c2)cc1. The zero-order valence-electron chi connectivity index (χ0n) is 17.8. The zero-order valence-corrected chi connectivity index (χ0v) is 17.8. The maximum Gasteiger partial charge on any atom is 0.323 e. The Labute approximate surface area is 182 Å². The standard InChI is InChI=1S/C24H27N5O2/c1-17-12-14-29(15-13-17)23-11-10-22(27-28-23)18-4-3-5-20(16-18)26-24(30)25-19-6-8-21(31-2)9-7-19/h3-11,16-17H,12-15H2,1-2H3,(H2,25,26,30). The van der Waals surface area contributed by atoms with Crippen molar-refractivity contribution in [2.45, 2.75) is 19.8 Å². The Morgan fingerprint density at radius 2 is 1.71 bits per heavy atom. The number of hydrogen-bond acceptors (Lipinski definition) is 5. The van der Waals surface area contributed by atoms with E-state index in [1.54, 1.807) is 31.4 Å². The lowest BCUT2D eigenvalue weighted by Crippen LogP contribution is -2.33. The number of aromatic nitrogens is 2. The molecule has 1 aromatic heterocycles. The molecule has 2 N–H and O–H groups in total. The lowest BCUT2D eigenvalue weighted by atomic mass is 9.99. The second-order valence-corrected chi connectivity index (χ2v) is 7.83. The molecule has 2 heterocycles. The lowest BCUT2D eigenvalue weighted by Gasteiger charge is -2.30. The number of urea groups is 1. The number of carbonyl (C=O) groups is 1. The zero-order chi connectivity index (χ0) is 21.6. The summed E-state index contributed by atoms with van der Waals surface area (Å²) in [4.78, 5) is 14.6. The smallest absolute Gasteiger partial charge is 0.323 e. The minimum atomic E-state index is -0.317. The highest BCUT2D eigenvalue weighted by atomic mass is 16.5. The van der Waals surface area contributed by atoms with E-state index in [-0.39, 0.29) is 6.03 Å². The van der Waals surface area contributed by atoms with Crippen LogP contribution < -0.4 is 20.3 Å². The summed E-state index contributed by atoms with van der Waals surface area (Å²) in [7, 11) is 1.61. The van der Waals surface area contributed by atoms with Crippen molar-refractivity contribution in [2.75, 3.05) is 35.7 Å². The molecule has 2 aromatic carbocycles. The predicted octanol–water partition coefficient (Wildman–Crippen LogP) is 5.03. The lowest BCUT2D eigenvalue weighted by molar-refractivity contribution is 0.262. The van der Waals surface area contributed by atoms with Gasteiger partial charge in [0.05, 0.1) is 12.8 Å². The fraction of sp³-hybridized carbons (Fsp3) is 0.292. The van der Waals surface area contributed by atoms with Gasteiger partial charge in [-0.1, -0.05) is 19.1 Å². The van der Waals surface area contributed by atoms with Crippen LogP contribution in [0.25, 0.3) is 11.3 Å². The molecule has 2 amide bonds. The quantitative estimate of drug-likeness (QED) is 0.608. The molecule has 0 atom stereocenters. The Bertz CT molecular complexity index is 1010. The molecule has 0 spiro atoms. The highest BCUT2D eigenvalue weighted by Gasteiger charge is 2.17. The number of anilines is 3. The third-order valence-electron chi connectivity index (χ3n) is 5.52. The van der Waals surface area contributed by atoms with Gasteiger partial charge in [-0.25, -0.2) is 4.79 Å². The van der Waals surface area contributed by atoms with Crippen molar-refractivity contribution in [1.29, 1.82) is 0 Å². The highest BCUT2D eigenvalue weighted by Crippen LogP contribution is 2.24. The number of nitrogens with zero attached hydrogens (tertiary/aromatic N) is 3. The summed E-state index contributed by atoms with van der Waals surface area (Å²) in [6, 6.07) is 18.4. The van der Waals surface area contributed by atoms with Crippen molar-refractivity contribution in [3.05, 3.63) is 60.7 Å². The topological polar surface area (TPSA) is 79.4 Å². The summed E-state index contributed by atoms with van der Waals surface area (Å²) in [5.74, 6) is 2.44. The van der Waals surface area contributed by atoms with E-state index in [9.17, 15) is 4.79 Å². The average Bonchev–Trinajstić information content (AvgIpc) is 2.80. The molecule has 3 aromatic rings. The second-order valence-electron chi connectivity index (χ2n) is 7.83. The van der Waals surface area contributed by atoms with Gasteiger partial charge in [-0.15, -0.1) is 10.2 Å². The average molecular weight is 418 g/mol. The van der Waals surface area contributed by atoms with Crippen molar-refractivity contribution in [2.24, 2.45) is 5.92 Å². The molecule has 0 unspecified atom stereocenters. The normalized spacial score (nSPS) is 14.2. The molecule has 1 saturated heterocycles. The number of piperidine rings is 1. The van der Waals surface area contributed by atoms with Crippen LogP contribution in [0.2, 0.25) is 0 Å². The first-order valence-corrected chi connectivity index (χ1v) is 10.5. The molecule has 1 fully saturated rings. The molecule has 0 radical (unpaired) electrons. The summed E-state index contributed by atoms with van der Waals surface area (Å²) in [6.07, 6.45) is 2.38.